The largest absolute Gasteiger partial charge is 0.444 e. The van der Waals surface area contributed by atoms with Gasteiger partial charge >= 0.3 is 0 Å². The van der Waals surface area contributed by atoms with Crippen LogP contribution in [0.1, 0.15) is 51.7 Å². The Morgan fingerprint density at radius 2 is 2.19 bits per heavy atom. The Balaban J connectivity index is 2.43. The zero-order valence-electron chi connectivity index (χ0n) is 13.1. The van der Waals surface area contributed by atoms with Crippen molar-refractivity contribution in [2.24, 2.45) is 5.41 Å². The molecule has 1 atom stereocenters. The maximum Gasteiger partial charge on any atom is 0.249 e. The molecule has 120 valence electrons. The number of aryl methyl sites for hydroxylation is 1. The van der Waals surface area contributed by atoms with Gasteiger partial charge in [-0.3, -0.25) is 4.79 Å². The van der Waals surface area contributed by atoms with E-state index >= 15 is 0 Å². The van der Waals surface area contributed by atoms with Crippen molar-refractivity contribution < 1.29 is 19.4 Å². The number of nitrogens with one attached hydrogen (secondary N) is 1. The first-order valence-electron chi connectivity index (χ1n) is 7.41. The average molecular weight is 298 g/mol. The molecule has 21 heavy (non-hydrogen) atoms. The maximum atomic E-state index is 11.8. The quantitative estimate of drug-likeness (QED) is 0.599. The highest BCUT2D eigenvalue weighted by molar-refractivity contribution is 5.81. The average Bonchev–Trinajstić information content (AvgIpc) is 2.92. The lowest BCUT2D eigenvalue weighted by Crippen LogP contribution is -2.45. The molecule has 0 bridgehead atoms. The fourth-order valence-corrected chi connectivity index (χ4v) is 1.80. The van der Waals surface area contributed by atoms with Crippen LogP contribution in [-0.2, 0) is 17.8 Å². The summed E-state index contributed by atoms with van der Waals surface area (Å²) in [7, 11) is 0. The van der Waals surface area contributed by atoms with E-state index in [-0.39, 0.29) is 13.2 Å². The summed E-state index contributed by atoms with van der Waals surface area (Å²) in [4.78, 5) is 15.9. The second-order valence-electron chi connectivity index (χ2n) is 5.94. The van der Waals surface area contributed by atoms with Crippen LogP contribution in [0.15, 0.2) is 10.6 Å². The van der Waals surface area contributed by atoms with Gasteiger partial charge in [0.15, 0.2) is 0 Å². The summed E-state index contributed by atoms with van der Waals surface area (Å²) in [5.74, 6) is 0.688. The van der Waals surface area contributed by atoms with E-state index in [0.29, 0.717) is 5.89 Å². The Labute approximate surface area is 125 Å². The van der Waals surface area contributed by atoms with Crippen molar-refractivity contribution in [1.82, 2.24) is 10.3 Å². The molecule has 1 aromatic heterocycles. The predicted molar refractivity (Wildman–Crippen MR) is 78.5 cm³/mol. The van der Waals surface area contributed by atoms with Crippen molar-refractivity contribution in [3.05, 3.63) is 17.8 Å². The van der Waals surface area contributed by atoms with Crippen molar-refractivity contribution in [3.8, 4) is 0 Å². The Hall–Kier alpha value is -1.40. The van der Waals surface area contributed by atoms with E-state index in [4.69, 9.17) is 9.52 Å². The van der Waals surface area contributed by atoms with Gasteiger partial charge in [-0.25, -0.2) is 4.98 Å². The fourth-order valence-electron chi connectivity index (χ4n) is 1.80. The van der Waals surface area contributed by atoms with Gasteiger partial charge in [0.2, 0.25) is 11.8 Å². The van der Waals surface area contributed by atoms with Gasteiger partial charge in [-0.05, 0) is 6.42 Å². The van der Waals surface area contributed by atoms with E-state index in [9.17, 15) is 9.90 Å². The van der Waals surface area contributed by atoms with E-state index < -0.39 is 17.4 Å². The molecule has 0 aromatic carbocycles. The van der Waals surface area contributed by atoms with E-state index in [1.807, 2.05) is 0 Å². The number of unbranched alkanes of at least 4 members (excludes halogenated alkanes) is 2. The van der Waals surface area contributed by atoms with Crippen molar-refractivity contribution in [2.45, 2.75) is 59.1 Å². The minimum Gasteiger partial charge on any atom is -0.444 e. The number of amides is 1. The number of hydrogen-bond acceptors (Lipinski definition) is 5. The highest BCUT2D eigenvalue weighted by Gasteiger charge is 2.32. The number of aliphatic hydroxyl groups is 2. The molecule has 0 fully saturated rings. The van der Waals surface area contributed by atoms with E-state index in [2.05, 4.69) is 17.2 Å². The summed E-state index contributed by atoms with van der Waals surface area (Å²) in [6.07, 6.45) is 4.59. The first-order chi connectivity index (χ1) is 9.90. The summed E-state index contributed by atoms with van der Waals surface area (Å²) in [5, 5.41) is 21.5. The van der Waals surface area contributed by atoms with Crippen molar-refractivity contribution >= 4 is 5.91 Å². The highest BCUT2D eigenvalue weighted by Crippen LogP contribution is 2.19. The van der Waals surface area contributed by atoms with Crippen LogP contribution in [0.5, 0.6) is 0 Å². The number of carbonyl (C=O) groups is 1. The van der Waals surface area contributed by atoms with Crippen LogP contribution in [0.4, 0.5) is 0 Å². The van der Waals surface area contributed by atoms with Crippen molar-refractivity contribution in [1.29, 1.82) is 0 Å². The molecule has 1 heterocycles. The molecule has 0 spiro atoms. The van der Waals surface area contributed by atoms with Crippen LogP contribution < -0.4 is 5.32 Å². The van der Waals surface area contributed by atoms with Crippen LogP contribution in [0.25, 0.3) is 0 Å². The van der Waals surface area contributed by atoms with Gasteiger partial charge in [-0.15, -0.1) is 0 Å². The van der Waals surface area contributed by atoms with E-state index in [0.717, 1.165) is 31.4 Å². The number of aromatic nitrogens is 1. The summed E-state index contributed by atoms with van der Waals surface area (Å²) in [5.41, 5.74) is -0.883. The highest BCUT2D eigenvalue weighted by atomic mass is 16.4. The first-order valence-corrected chi connectivity index (χ1v) is 7.41. The van der Waals surface area contributed by atoms with E-state index in [1.165, 1.54) is 0 Å². The zero-order chi connectivity index (χ0) is 15.9. The normalized spacial score (nSPS) is 13.2. The number of hydrogen-bond donors (Lipinski definition) is 3. The molecular formula is C15H26N2O4. The van der Waals surface area contributed by atoms with Gasteiger partial charge in [-0.1, -0.05) is 33.6 Å². The van der Waals surface area contributed by atoms with Crippen LogP contribution in [0.2, 0.25) is 0 Å². The molecule has 3 N–H and O–H groups in total. The smallest absolute Gasteiger partial charge is 0.249 e. The first kappa shape index (κ1) is 17.7. The molecule has 1 amide bonds. The lowest BCUT2D eigenvalue weighted by Gasteiger charge is -2.26. The Morgan fingerprint density at radius 1 is 1.48 bits per heavy atom. The molecule has 0 saturated carbocycles. The molecule has 0 saturated heterocycles. The number of carbonyl (C=O) groups excluding carboxylic acids is 1. The second kappa shape index (κ2) is 8.14. The summed E-state index contributed by atoms with van der Waals surface area (Å²) in [6, 6.07) is 0. The number of oxazole rings is 1. The van der Waals surface area contributed by atoms with Gasteiger partial charge in [0, 0.05) is 11.8 Å². The maximum absolute atomic E-state index is 11.8. The molecule has 0 aliphatic rings. The second-order valence-corrected chi connectivity index (χ2v) is 5.94. The molecule has 6 heteroatoms. The van der Waals surface area contributed by atoms with Crippen LogP contribution in [-0.4, -0.2) is 33.8 Å². The summed E-state index contributed by atoms with van der Waals surface area (Å²) in [6.45, 7) is 5.23. The summed E-state index contributed by atoms with van der Waals surface area (Å²) < 4.78 is 5.52. The Kier molecular flexibility index (Phi) is 6.84. The molecule has 6 nitrogen and oxygen atoms in total. The van der Waals surface area contributed by atoms with Crippen LogP contribution in [0, 0.1) is 5.41 Å². The molecule has 0 unspecified atom stereocenters. The molecule has 1 aromatic rings. The van der Waals surface area contributed by atoms with Gasteiger partial charge < -0.3 is 19.9 Å². The number of nitrogens with zero attached hydrogens (tertiary/aromatic N) is 1. The lowest BCUT2D eigenvalue weighted by molar-refractivity contribution is -0.137. The molecule has 0 aliphatic heterocycles. The topological polar surface area (TPSA) is 95.6 Å². The minimum absolute atomic E-state index is 0.130. The third-order valence-corrected chi connectivity index (χ3v) is 3.44. The molecule has 1 rings (SSSR count). The van der Waals surface area contributed by atoms with Gasteiger partial charge in [0.05, 0.1) is 19.3 Å². The Bertz CT molecular complexity index is 443. The minimum atomic E-state index is -1.28. The molecule has 0 radical (unpaired) electrons. The van der Waals surface area contributed by atoms with Gasteiger partial charge in [-0.2, -0.15) is 0 Å². The standard InChI is InChI=1S/C15H26N2O4/c1-4-5-6-7-11-8-16-12(21-11)9-17-14(20)13(19)15(2,3)10-18/h8,13,18-19H,4-7,9-10H2,1-3H3,(H,17,20)/t13-/m0/s1. The van der Waals surface area contributed by atoms with Crippen molar-refractivity contribution in [2.75, 3.05) is 6.61 Å². The number of rotatable bonds is 9. The number of aliphatic hydroxyl groups excluding tert-OH is 2. The van der Waals surface area contributed by atoms with Gasteiger partial charge in [0.1, 0.15) is 11.9 Å². The lowest BCUT2D eigenvalue weighted by atomic mass is 9.87. The SMILES string of the molecule is CCCCCc1cnc(CNC(=O)[C@H](O)C(C)(C)CO)o1. The zero-order valence-corrected chi connectivity index (χ0v) is 13.1. The van der Waals surface area contributed by atoms with Gasteiger partial charge in [0.25, 0.3) is 0 Å². The Morgan fingerprint density at radius 3 is 2.81 bits per heavy atom. The molecule has 0 aliphatic carbocycles. The fraction of sp³-hybridized carbons (Fsp3) is 0.733. The summed E-state index contributed by atoms with van der Waals surface area (Å²) >= 11 is 0. The monoisotopic (exact) mass is 298 g/mol. The van der Waals surface area contributed by atoms with Crippen LogP contribution >= 0.6 is 0 Å². The predicted octanol–water partition coefficient (Wildman–Crippen LogP) is 1.40. The third kappa shape index (κ3) is 5.47. The van der Waals surface area contributed by atoms with E-state index in [1.54, 1.807) is 20.0 Å². The van der Waals surface area contributed by atoms with Crippen LogP contribution in [0.3, 0.4) is 0 Å². The third-order valence-electron chi connectivity index (χ3n) is 3.44. The van der Waals surface area contributed by atoms with Crippen molar-refractivity contribution in [3.63, 3.8) is 0 Å². The molecular weight excluding hydrogens is 272 g/mol.